The Balaban J connectivity index is 1.96. The molecule has 7 atom stereocenters. The maximum Gasteiger partial charge on any atom is 0.220 e. The van der Waals surface area contributed by atoms with E-state index in [1.807, 2.05) is 0 Å². The van der Waals surface area contributed by atoms with E-state index >= 15 is 0 Å². The number of rotatable bonds is 51. The third kappa shape index (κ3) is 37.1. The molecule has 0 spiro atoms. The summed E-state index contributed by atoms with van der Waals surface area (Å²) in [5.41, 5.74) is 0. The molecule has 0 saturated carbocycles. The predicted octanol–water partition coefficient (Wildman–Crippen LogP) is 14.2. The van der Waals surface area contributed by atoms with Crippen LogP contribution < -0.4 is 5.32 Å². The van der Waals surface area contributed by atoms with Crippen LogP contribution in [0, 0.1) is 0 Å². The van der Waals surface area contributed by atoms with E-state index in [-0.39, 0.29) is 12.5 Å². The summed E-state index contributed by atoms with van der Waals surface area (Å²) < 4.78 is 11.2. The molecule has 0 aromatic rings. The SMILES string of the molecule is CCCCCCCCCCCCCCCCCCCCCCCCCCCCCCCCCCCCCCC(=O)NC(COC1OC(CO)C(O)C(O)C1O)C(O)CCCCCCCCC. The predicted molar refractivity (Wildman–Crippen MR) is 277 cm³/mol. The van der Waals surface area contributed by atoms with Gasteiger partial charge in [0.1, 0.15) is 24.4 Å². The Labute approximate surface area is 408 Å². The minimum atomic E-state index is -1.55. The van der Waals surface area contributed by atoms with Crippen molar-refractivity contribution in [2.45, 2.75) is 346 Å². The molecule has 7 unspecified atom stereocenters. The van der Waals surface area contributed by atoms with Crippen molar-refractivity contribution >= 4 is 5.91 Å². The van der Waals surface area contributed by atoms with E-state index in [0.29, 0.717) is 12.8 Å². The molecule has 1 aliphatic rings. The number of hydrogen-bond donors (Lipinski definition) is 6. The van der Waals surface area contributed by atoms with Crippen molar-refractivity contribution in [2.75, 3.05) is 13.2 Å². The Bertz CT molecular complexity index is 1000. The number of nitrogens with one attached hydrogen (secondary N) is 1. The van der Waals surface area contributed by atoms with Crippen molar-refractivity contribution in [2.24, 2.45) is 0 Å². The average molecular weight is 941 g/mol. The molecule has 1 saturated heterocycles. The number of hydrogen-bond acceptors (Lipinski definition) is 8. The van der Waals surface area contributed by atoms with Crippen LogP contribution in [0.3, 0.4) is 0 Å². The van der Waals surface area contributed by atoms with Gasteiger partial charge in [-0.1, -0.05) is 284 Å². The molecule has 0 aromatic carbocycles. The van der Waals surface area contributed by atoms with Gasteiger partial charge >= 0.3 is 0 Å². The summed E-state index contributed by atoms with van der Waals surface area (Å²) in [7, 11) is 0. The number of amides is 1. The maximum atomic E-state index is 13.0. The summed E-state index contributed by atoms with van der Waals surface area (Å²) in [6.45, 7) is 3.82. The van der Waals surface area contributed by atoms with Gasteiger partial charge < -0.3 is 40.3 Å². The summed E-state index contributed by atoms with van der Waals surface area (Å²) in [5, 5.41) is 54.2. The lowest BCUT2D eigenvalue weighted by Crippen LogP contribution is -2.60. The highest BCUT2D eigenvalue weighted by molar-refractivity contribution is 5.76. The van der Waals surface area contributed by atoms with Gasteiger partial charge in [0.2, 0.25) is 5.91 Å². The average Bonchev–Trinajstić information content (AvgIpc) is 3.32. The zero-order valence-electron chi connectivity index (χ0n) is 43.7. The second-order valence-electron chi connectivity index (χ2n) is 20.8. The zero-order chi connectivity index (χ0) is 48.0. The summed E-state index contributed by atoms with van der Waals surface area (Å²) in [6, 6.07) is -0.710. The van der Waals surface area contributed by atoms with Gasteiger partial charge in [0, 0.05) is 6.42 Å². The fourth-order valence-electron chi connectivity index (χ4n) is 9.81. The largest absolute Gasteiger partial charge is 0.394 e. The van der Waals surface area contributed by atoms with Gasteiger partial charge in [0.05, 0.1) is 25.4 Å². The maximum absolute atomic E-state index is 13.0. The highest BCUT2D eigenvalue weighted by atomic mass is 16.7. The van der Waals surface area contributed by atoms with Crippen LogP contribution in [0.2, 0.25) is 0 Å². The van der Waals surface area contributed by atoms with Crippen molar-refractivity contribution in [3.8, 4) is 0 Å². The molecule has 1 aliphatic heterocycles. The molecule has 0 aliphatic carbocycles. The van der Waals surface area contributed by atoms with Crippen LogP contribution in [-0.4, -0.2) is 87.5 Å². The van der Waals surface area contributed by atoms with Crippen molar-refractivity contribution < 1.29 is 39.8 Å². The Morgan fingerprint density at radius 1 is 0.455 bits per heavy atom. The first-order valence-electron chi connectivity index (χ1n) is 29.2. The summed E-state index contributed by atoms with van der Waals surface area (Å²) in [5.74, 6) is -0.141. The molecule has 9 heteroatoms. The van der Waals surface area contributed by atoms with Crippen LogP contribution >= 0.6 is 0 Å². The highest BCUT2D eigenvalue weighted by Gasteiger charge is 2.44. The molecule has 1 rings (SSSR count). The van der Waals surface area contributed by atoms with Crippen LogP contribution in [0.25, 0.3) is 0 Å². The first-order valence-corrected chi connectivity index (χ1v) is 29.2. The van der Waals surface area contributed by atoms with Gasteiger partial charge in [-0.25, -0.2) is 0 Å². The van der Waals surface area contributed by atoms with Crippen molar-refractivity contribution in [1.29, 1.82) is 0 Å². The quantitative estimate of drug-likeness (QED) is 0.0330. The second kappa shape index (κ2) is 47.8. The van der Waals surface area contributed by atoms with Crippen LogP contribution in [0.15, 0.2) is 0 Å². The van der Waals surface area contributed by atoms with Crippen LogP contribution in [0.5, 0.6) is 0 Å². The topological polar surface area (TPSA) is 149 Å². The molecule has 1 heterocycles. The lowest BCUT2D eigenvalue weighted by atomic mass is 9.99. The number of ether oxygens (including phenoxy) is 2. The smallest absolute Gasteiger partial charge is 0.220 e. The molecule has 66 heavy (non-hydrogen) atoms. The summed E-state index contributed by atoms with van der Waals surface area (Å²) >= 11 is 0. The minimum absolute atomic E-state index is 0.133. The Morgan fingerprint density at radius 3 is 1.08 bits per heavy atom. The van der Waals surface area contributed by atoms with Gasteiger partial charge in [-0.3, -0.25) is 4.79 Å². The molecule has 0 bridgehead atoms. The first kappa shape index (κ1) is 63.2. The van der Waals surface area contributed by atoms with Gasteiger partial charge in [-0.05, 0) is 12.8 Å². The van der Waals surface area contributed by atoms with Crippen molar-refractivity contribution in [3.63, 3.8) is 0 Å². The van der Waals surface area contributed by atoms with Gasteiger partial charge in [-0.2, -0.15) is 0 Å². The monoisotopic (exact) mass is 940 g/mol. The number of carbonyl (C=O) groups excluding carboxylic acids is 1. The van der Waals surface area contributed by atoms with E-state index in [1.165, 1.54) is 238 Å². The number of aliphatic hydroxyl groups excluding tert-OH is 5. The molecular weight excluding hydrogens is 827 g/mol. The fraction of sp³-hybridized carbons (Fsp3) is 0.982. The molecule has 394 valence electrons. The molecule has 9 nitrogen and oxygen atoms in total. The standard InChI is InChI=1S/C57H113NO8/c1-3-5-7-9-11-12-13-14-15-16-17-18-19-20-21-22-23-24-25-26-27-28-29-30-31-32-33-34-35-36-37-38-39-41-43-45-47-53(61)58-50(51(60)46-44-42-40-10-8-6-4-2)49-65-57-56(64)55(63)54(62)52(48-59)66-57/h50-52,54-57,59-60,62-64H,3-49H2,1-2H3,(H,58,61). The number of carbonyl (C=O) groups is 1. The lowest BCUT2D eigenvalue weighted by molar-refractivity contribution is -0.302. The number of aliphatic hydroxyl groups is 5. The summed E-state index contributed by atoms with van der Waals surface area (Å²) in [4.78, 5) is 13.0. The van der Waals surface area contributed by atoms with Gasteiger partial charge in [-0.15, -0.1) is 0 Å². The zero-order valence-corrected chi connectivity index (χ0v) is 43.7. The molecule has 6 N–H and O–H groups in total. The van der Waals surface area contributed by atoms with Gasteiger partial charge in [0.15, 0.2) is 6.29 Å². The molecular formula is C57H113NO8. The normalized spacial score (nSPS) is 19.7. The Hall–Kier alpha value is -0.810. The van der Waals surface area contributed by atoms with Crippen LogP contribution in [0.4, 0.5) is 0 Å². The lowest BCUT2D eigenvalue weighted by Gasteiger charge is -2.40. The van der Waals surface area contributed by atoms with E-state index in [1.54, 1.807) is 0 Å². The van der Waals surface area contributed by atoms with E-state index in [9.17, 15) is 30.3 Å². The third-order valence-electron chi connectivity index (χ3n) is 14.5. The number of unbranched alkanes of at least 4 members (excludes halogenated alkanes) is 41. The third-order valence-corrected chi connectivity index (χ3v) is 14.5. The second-order valence-corrected chi connectivity index (χ2v) is 20.8. The van der Waals surface area contributed by atoms with Crippen LogP contribution in [0.1, 0.15) is 303 Å². The van der Waals surface area contributed by atoms with E-state index in [4.69, 9.17) is 9.47 Å². The van der Waals surface area contributed by atoms with E-state index < -0.39 is 49.5 Å². The highest BCUT2D eigenvalue weighted by Crippen LogP contribution is 2.23. The van der Waals surface area contributed by atoms with Crippen molar-refractivity contribution in [1.82, 2.24) is 5.32 Å². The summed E-state index contributed by atoms with van der Waals surface area (Å²) in [6.07, 6.45) is 50.6. The van der Waals surface area contributed by atoms with E-state index in [0.717, 1.165) is 38.5 Å². The Kier molecular flexibility index (Phi) is 45.8. The van der Waals surface area contributed by atoms with Gasteiger partial charge in [0.25, 0.3) is 0 Å². The molecule has 1 fully saturated rings. The minimum Gasteiger partial charge on any atom is -0.394 e. The van der Waals surface area contributed by atoms with E-state index in [2.05, 4.69) is 19.2 Å². The van der Waals surface area contributed by atoms with Crippen LogP contribution in [-0.2, 0) is 14.3 Å². The fourth-order valence-corrected chi connectivity index (χ4v) is 9.81. The first-order chi connectivity index (χ1) is 32.3. The molecule has 0 aromatic heterocycles. The molecule has 1 amide bonds. The molecule has 0 radical (unpaired) electrons. The van der Waals surface area contributed by atoms with Crippen molar-refractivity contribution in [3.05, 3.63) is 0 Å². The Morgan fingerprint density at radius 2 is 0.758 bits per heavy atom.